The van der Waals surface area contributed by atoms with Gasteiger partial charge in [-0.15, -0.1) is 0 Å². The summed E-state index contributed by atoms with van der Waals surface area (Å²) in [6.45, 7) is 8.78. The SMILES string of the molecule is CN=C(C)/C(=C(/C)N)C1CCC(C(C)C)CC1. The Kier molecular flexibility index (Phi) is 5.23. The molecular formula is C15H28N2. The van der Waals surface area contributed by atoms with E-state index in [-0.39, 0.29) is 0 Å². The minimum atomic E-state index is 0.638. The normalized spacial score (nSPS) is 28.2. The van der Waals surface area contributed by atoms with Gasteiger partial charge in [0.2, 0.25) is 0 Å². The first-order chi connectivity index (χ1) is 7.97. The van der Waals surface area contributed by atoms with Gasteiger partial charge in [-0.2, -0.15) is 0 Å². The van der Waals surface area contributed by atoms with E-state index in [4.69, 9.17) is 5.73 Å². The molecule has 1 saturated carbocycles. The zero-order valence-corrected chi connectivity index (χ0v) is 12.1. The van der Waals surface area contributed by atoms with Gasteiger partial charge >= 0.3 is 0 Å². The predicted octanol–water partition coefficient (Wildman–Crippen LogP) is 3.77. The Balaban J connectivity index is 2.73. The second kappa shape index (κ2) is 6.23. The van der Waals surface area contributed by atoms with Crippen molar-refractivity contribution >= 4 is 5.71 Å². The van der Waals surface area contributed by atoms with Gasteiger partial charge in [-0.25, -0.2) is 0 Å². The van der Waals surface area contributed by atoms with Crippen molar-refractivity contribution in [3.63, 3.8) is 0 Å². The lowest BCUT2D eigenvalue weighted by atomic mass is 9.73. The highest BCUT2D eigenvalue weighted by Gasteiger charge is 2.27. The highest BCUT2D eigenvalue weighted by atomic mass is 14.7. The number of hydrogen-bond donors (Lipinski definition) is 1. The first-order valence-electron chi connectivity index (χ1n) is 6.87. The third kappa shape index (κ3) is 3.58. The van der Waals surface area contributed by atoms with Gasteiger partial charge in [0.25, 0.3) is 0 Å². The summed E-state index contributed by atoms with van der Waals surface area (Å²) < 4.78 is 0. The van der Waals surface area contributed by atoms with Crippen molar-refractivity contribution in [2.75, 3.05) is 7.05 Å². The molecule has 0 atom stereocenters. The summed E-state index contributed by atoms with van der Waals surface area (Å²) in [6.07, 6.45) is 5.24. The van der Waals surface area contributed by atoms with Gasteiger partial charge in [0.1, 0.15) is 0 Å². The van der Waals surface area contributed by atoms with Crippen LogP contribution in [0.4, 0.5) is 0 Å². The topological polar surface area (TPSA) is 38.4 Å². The standard InChI is InChI=1S/C15H28N2/c1-10(2)13-6-8-14(9-7-13)15(11(3)16)12(4)17-5/h10,13-14H,6-9,16H2,1-5H3/b15-11+,17-12?. The van der Waals surface area contributed by atoms with Crippen molar-refractivity contribution in [1.29, 1.82) is 0 Å². The van der Waals surface area contributed by atoms with E-state index in [1.54, 1.807) is 0 Å². The lowest BCUT2D eigenvalue weighted by Crippen LogP contribution is -2.24. The monoisotopic (exact) mass is 236 g/mol. The number of rotatable bonds is 3. The minimum absolute atomic E-state index is 0.638. The Hall–Kier alpha value is -0.790. The van der Waals surface area contributed by atoms with Crippen molar-refractivity contribution in [2.24, 2.45) is 28.5 Å². The van der Waals surface area contributed by atoms with Gasteiger partial charge in [0.15, 0.2) is 0 Å². The first-order valence-corrected chi connectivity index (χ1v) is 6.87. The predicted molar refractivity (Wildman–Crippen MR) is 76.2 cm³/mol. The Labute approximate surface area is 106 Å². The Morgan fingerprint density at radius 1 is 1.12 bits per heavy atom. The molecule has 1 aliphatic carbocycles. The van der Waals surface area contributed by atoms with E-state index in [1.807, 2.05) is 14.0 Å². The van der Waals surface area contributed by atoms with Gasteiger partial charge in [-0.1, -0.05) is 13.8 Å². The van der Waals surface area contributed by atoms with Crippen molar-refractivity contribution in [1.82, 2.24) is 0 Å². The number of allylic oxidation sites excluding steroid dienone is 2. The summed E-state index contributed by atoms with van der Waals surface area (Å²) in [4.78, 5) is 4.32. The molecule has 0 aromatic heterocycles. The summed E-state index contributed by atoms with van der Waals surface area (Å²) in [5.41, 5.74) is 9.43. The molecule has 1 fully saturated rings. The number of aliphatic imine (C=N–C) groups is 1. The van der Waals surface area contributed by atoms with Crippen LogP contribution in [0, 0.1) is 17.8 Å². The molecule has 0 amide bonds. The van der Waals surface area contributed by atoms with E-state index in [0.717, 1.165) is 23.2 Å². The van der Waals surface area contributed by atoms with Crippen LogP contribution in [0.15, 0.2) is 16.3 Å². The molecule has 0 aromatic carbocycles. The van der Waals surface area contributed by atoms with E-state index in [0.29, 0.717) is 5.92 Å². The minimum Gasteiger partial charge on any atom is -0.402 e. The van der Waals surface area contributed by atoms with E-state index < -0.39 is 0 Å². The van der Waals surface area contributed by atoms with Crippen LogP contribution >= 0.6 is 0 Å². The zero-order valence-electron chi connectivity index (χ0n) is 12.1. The van der Waals surface area contributed by atoms with Gasteiger partial charge in [0.05, 0.1) is 0 Å². The van der Waals surface area contributed by atoms with Gasteiger partial charge in [-0.3, -0.25) is 4.99 Å². The van der Waals surface area contributed by atoms with Crippen LogP contribution in [0.1, 0.15) is 53.4 Å². The summed E-state index contributed by atoms with van der Waals surface area (Å²) in [6, 6.07) is 0. The van der Waals surface area contributed by atoms with Crippen molar-refractivity contribution < 1.29 is 0 Å². The second-order valence-electron chi connectivity index (χ2n) is 5.76. The molecule has 0 heterocycles. The molecule has 2 nitrogen and oxygen atoms in total. The first kappa shape index (κ1) is 14.3. The fourth-order valence-corrected chi connectivity index (χ4v) is 3.10. The van der Waals surface area contributed by atoms with Crippen LogP contribution in [0.2, 0.25) is 0 Å². The van der Waals surface area contributed by atoms with Crippen LogP contribution in [0.25, 0.3) is 0 Å². The summed E-state index contributed by atoms with van der Waals surface area (Å²) in [7, 11) is 1.86. The highest BCUT2D eigenvalue weighted by Crippen LogP contribution is 2.37. The van der Waals surface area contributed by atoms with Crippen molar-refractivity contribution in [2.45, 2.75) is 53.4 Å². The summed E-state index contributed by atoms with van der Waals surface area (Å²) >= 11 is 0. The molecule has 2 heteroatoms. The molecule has 0 aliphatic heterocycles. The number of nitrogens with zero attached hydrogens (tertiary/aromatic N) is 1. The molecule has 0 spiro atoms. The smallest absolute Gasteiger partial charge is 0.0365 e. The Morgan fingerprint density at radius 2 is 1.65 bits per heavy atom. The summed E-state index contributed by atoms with van der Waals surface area (Å²) in [5.74, 6) is 2.37. The largest absolute Gasteiger partial charge is 0.402 e. The molecule has 0 saturated heterocycles. The van der Waals surface area contributed by atoms with Crippen LogP contribution < -0.4 is 5.73 Å². The third-order valence-electron chi connectivity index (χ3n) is 4.27. The molecular weight excluding hydrogens is 208 g/mol. The van der Waals surface area contributed by atoms with E-state index in [9.17, 15) is 0 Å². The van der Waals surface area contributed by atoms with Gasteiger partial charge in [0, 0.05) is 18.5 Å². The van der Waals surface area contributed by atoms with Gasteiger partial charge in [-0.05, 0) is 62.9 Å². The molecule has 17 heavy (non-hydrogen) atoms. The van der Waals surface area contributed by atoms with Gasteiger partial charge < -0.3 is 5.73 Å². The molecule has 0 aromatic rings. The van der Waals surface area contributed by atoms with Crippen LogP contribution in [-0.4, -0.2) is 12.8 Å². The maximum Gasteiger partial charge on any atom is 0.0365 e. The van der Waals surface area contributed by atoms with Crippen LogP contribution in [-0.2, 0) is 0 Å². The molecule has 0 unspecified atom stereocenters. The average molecular weight is 236 g/mol. The fraction of sp³-hybridized carbons (Fsp3) is 0.800. The molecule has 2 N–H and O–H groups in total. The average Bonchev–Trinajstić information content (AvgIpc) is 2.29. The fourth-order valence-electron chi connectivity index (χ4n) is 3.10. The number of hydrogen-bond acceptors (Lipinski definition) is 2. The molecule has 0 radical (unpaired) electrons. The quantitative estimate of drug-likeness (QED) is 0.744. The lowest BCUT2D eigenvalue weighted by Gasteiger charge is -2.32. The van der Waals surface area contributed by atoms with Crippen molar-refractivity contribution in [3.05, 3.63) is 11.3 Å². The Bertz CT molecular complexity index is 301. The number of nitrogens with two attached hydrogens (primary N) is 1. The second-order valence-corrected chi connectivity index (χ2v) is 5.76. The maximum absolute atomic E-state index is 6.04. The lowest BCUT2D eigenvalue weighted by molar-refractivity contribution is 0.244. The maximum atomic E-state index is 6.04. The highest BCUT2D eigenvalue weighted by molar-refractivity contribution is 5.99. The Morgan fingerprint density at radius 3 is 2.00 bits per heavy atom. The van der Waals surface area contributed by atoms with Crippen molar-refractivity contribution in [3.8, 4) is 0 Å². The third-order valence-corrected chi connectivity index (χ3v) is 4.27. The zero-order chi connectivity index (χ0) is 13.0. The van der Waals surface area contributed by atoms with Crippen LogP contribution in [0.5, 0.6) is 0 Å². The molecule has 0 bridgehead atoms. The molecule has 98 valence electrons. The molecule has 1 aliphatic rings. The van der Waals surface area contributed by atoms with E-state index in [1.165, 1.54) is 31.3 Å². The van der Waals surface area contributed by atoms with E-state index in [2.05, 4.69) is 25.8 Å². The van der Waals surface area contributed by atoms with E-state index >= 15 is 0 Å². The summed E-state index contributed by atoms with van der Waals surface area (Å²) in [5, 5.41) is 0. The molecule has 1 rings (SSSR count). The van der Waals surface area contributed by atoms with Crippen LogP contribution in [0.3, 0.4) is 0 Å².